The molecule has 1 amide bonds. The molecule has 19 heavy (non-hydrogen) atoms. The Bertz CT molecular complexity index is 402. The fourth-order valence-electron chi connectivity index (χ4n) is 1.55. The summed E-state index contributed by atoms with van der Waals surface area (Å²) >= 11 is 0. The van der Waals surface area contributed by atoms with Crippen LogP contribution in [0.15, 0.2) is 18.3 Å². The van der Waals surface area contributed by atoms with Gasteiger partial charge in [0, 0.05) is 13.6 Å². The molecule has 1 aromatic heterocycles. The van der Waals surface area contributed by atoms with Crippen molar-refractivity contribution in [2.24, 2.45) is 5.92 Å². The highest BCUT2D eigenvalue weighted by atomic mass is 16.3. The van der Waals surface area contributed by atoms with E-state index >= 15 is 0 Å². The van der Waals surface area contributed by atoms with Gasteiger partial charge in [0.05, 0.1) is 30.2 Å². The van der Waals surface area contributed by atoms with Crippen molar-refractivity contribution in [3.8, 4) is 0 Å². The molecule has 0 aliphatic rings. The number of aliphatic hydroxyl groups is 1. The van der Waals surface area contributed by atoms with E-state index in [1.54, 1.807) is 19.2 Å². The smallest absolute Gasteiger partial charge is 0.239 e. The van der Waals surface area contributed by atoms with Crippen LogP contribution in [0.1, 0.15) is 32.6 Å². The van der Waals surface area contributed by atoms with Crippen LogP contribution in [-0.4, -0.2) is 36.1 Å². The third-order valence-electron chi connectivity index (χ3n) is 2.73. The first-order valence-electron chi connectivity index (χ1n) is 6.52. The third kappa shape index (κ3) is 5.26. The normalized spacial score (nSPS) is 12.3. The van der Waals surface area contributed by atoms with Crippen LogP contribution in [0.4, 0.5) is 5.69 Å². The van der Waals surface area contributed by atoms with E-state index in [1.807, 2.05) is 18.0 Å². The van der Waals surface area contributed by atoms with Crippen molar-refractivity contribution >= 4 is 11.6 Å². The maximum atomic E-state index is 11.7. The summed E-state index contributed by atoms with van der Waals surface area (Å²) in [5.41, 5.74) is 1.48. The second-order valence-electron chi connectivity index (χ2n) is 5.17. The molecule has 2 N–H and O–H groups in total. The Morgan fingerprint density at radius 1 is 1.42 bits per heavy atom. The number of carbonyl (C=O) groups excluding carboxylic acids is 1. The Kier molecular flexibility index (Phi) is 5.76. The largest absolute Gasteiger partial charge is 0.387 e. The van der Waals surface area contributed by atoms with Crippen molar-refractivity contribution in [2.75, 3.05) is 25.0 Å². The molecule has 5 heteroatoms. The molecule has 0 bridgehead atoms. The van der Waals surface area contributed by atoms with E-state index in [2.05, 4.69) is 24.1 Å². The van der Waals surface area contributed by atoms with Crippen LogP contribution in [0, 0.1) is 5.92 Å². The third-order valence-corrected chi connectivity index (χ3v) is 2.73. The van der Waals surface area contributed by atoms with Crippen molar-refractivity contribution in [1.29, 1.82) is 0 Å². The van der Waals surface area contributed by atoms with Crippen LogP contribution < -0.4 is 10.2 Å². The van der Waals surface area contributed by atoms with Gasteiger partial charge in [-0.25, -0.2) is 0 Å². The maximum Gasteiger partial charge on any atom is 0.239 e. The zero-order valence-corrected chi connectivity index (χ0v) is 12.1. The standard InChI is InChI=1S/C14H23N3O2/c1-10(2)7-16-14(19)9-17(4)12-5-6-13(11(3)18)15-8-12/h5-6,8,10-11,18H,7,9H2,1-4H3,(H,16,19)/t11-/m1/s1. The minimum atomic E-state index is -0.575. The molecule has 0 aliphatic carbocycles. The van der Waals surface area contributed by atoms with Crippen LogP contribution in [0.5, 0.6) is 0 Å². The monoisotopic (exact) mass is 265 g/mol. The molecule has 1 atom stereocenters. The summed E-state index contributed by atoms with van der Waals surface area (Å²) in [4.78, 5) is 17.7. The summed E-state index contributed by atoms with van der Waals surface area (Å²) in [6.45, 7) is 6.77. The van der Waals surface area contributed by atoms with E-state index in [1.165, 1.54) is 0 Å². The SMILES string of the molecule is CC(C)CNC(=O)CN(C)c1ccc([C@@H](C)O)nc1. The van der Waals surface area contributed by atoms with Gasteiger partial charge in [0.25, 0.3) is 0 Å². The summed E-state index contributed by atoms with van der Waals surface area (Å²) in [7, 11) is 1.84. The number of hydrogen-bond donors (Lipinski definition) is 2. The fourth-order valence-corrected chi connectivity index (χ4v) is 1.55. The van der Waals surface area contributed by atoms with E-state index < -0.39 is 6.10 Å². The number of likely N-dealkylation sites (N-methyl/N-ethyl adjacent to an activating group) is 1. The molecular formula is C14H23N3O2. The van der Waals surface area contributed by atoms with Crippen molar-refractivity contribution in [1.82, 2.24) is 10.3 Å². The van der Waals surface area contributed by atoms with Crippen molar-refractivity contribution in [3.63, 3.8) is 0 Å². The average Bonchev–Trinajstić information content (AvgIpc) is 2.36. The second-order valence-corrected chi connectivity index (χ2v) is 5.17. The Balaban J connectivity index is 2.53. The Morgan fingerprint density at radius 2 is 2.11 bits per heavy atom. The van der Waals surface area contributed by atoms with E-state index in [9.17, 15) is 9.90 Å². The van der Waals surface area contributed by atoms with Crippen LogP contribution in [-0.2, 0) is 4.79 Å². The predicted octanol–water partition coefficient (Wildman–Crippen LogP) is 1.34. The number of rotatable bonds is 6. The van der Waals surface area contributed by atoms with Gasteiger partial charge in [-0.1, -0.05) is 13.8 Å². The van der Waals surface area contributed by atoms with Gasteiger partial charge in [0.1, 0.15) is 0 Å². The molecule has 0 unspecified atom stereocenters. The van der Waals surface area contributed by atoms with E-state index in [0.29, 0.717) is 24.7 Å². The van der Waals surface area contributed by atoms with Gasteiger partial charge in [0.2, 0.25) is 5.91 Å². The highest BCUT2D eigenvalue weighted by molar-refractivity contribution is 5.81. The maximum absolute atomic E-state index is 11.7. The Hall–Kier alpha value is -1.62. The molecule has 5 nitrogen and oxygen atoms in total. The number of carbonyl (C=O) groups is 1. The van der Waals surface area contributed by atoms with Gasteiger partial charge in [-0.2, -0.15) is 0 Å². The van der Waals surface area contributed by atoms with Crippen molar-refractivity contribution < 1.29 is 9.90 Å². The number of aromatic nitrogens is 1. The lowest BCUT2D eigenvalue weighted by atomic mass is 10.2. The lowest BCUT2D eigenvalue weighted by Gasteiger charge is -2.19. The van der Waals surface area contributed by atoms with E-state index in [4.69, 9.17) is 0 Å². The van der Waals surface area contributed by atoms with Crippen molar-refractivity contribution in [2.45, 2.75) is 26.9 Å². The number of nitrogens with zero attached hydrogens (tertiary/aromatic N) is 2. The molecule has 0 aliphatic heterocycles. The molecule has 0 aromatic carbocycles. The zero-order valence-electron chi connectivity index (χ0n) is 12.1. The van der Waals surface area contributed by atoms with Crippen molar-refractivity contribution in [3.05, 3.63) is 24.0 Å². The highest BCUT2D eigenvalue weighted by Crippen LogP contribution is 2.14. The quantitative estimate of drug-likeness (QED) is 0.814. The van der Waals surface area contributed by atoms with Crippen LogP contribution in [0.3, 0.4) is 0 Å². The first-order valence-corrected chi connectivity index (χ1v) is 6.52. The molecule has 1 aromatic rings. The lowest BCUT2D eigenvalue weighted by molar-refractivity contribution is -0.119. The second kappa shape index (κ2) is 7.09. The number of aliphatic hydroxyl groups excluding tert-OH is 1. The van der Waals surface area contributed by atoms with Gasteiger partial charge >= 0.3 is 0 Å². The van der Waals surface area contributed by atoms with E-state index in [-0.39, 0.29) is 5.91 Å². The molecule has 1 heterocycles. The summed E-state index contributed by atoms with van der Waals surface area (Å²) in [6.07, 6.45) is 1.09. The first kappa shape index (κ1) is 15.4. The molecule has 0 spiro atoms. The van der Waals surface area contributed by atoms with E-state index in [0.717, 1.165) is 5.69 Å². The summed E-state index contributed by atoms with van der Waals surface area (Å²) in [5.74, 6) is 0.442. The van der Waals surface area contributed by atoms with Crippen LogP contribution in [0.2, 0.25) is 0 Å². The molecule has 0 saturated heterocycles. The van der Waals surface area contributed by atoms with Gasteiger partial charge in [-0.3, -0.25) is 9.78 Å². The Labute approximate surface area is 114 Å². The number of anilines is 1. The summed E-state index contributed by atoms with van der Waals surface area (Å²) < 4.78 is 0. The molecular weight excluding hydrogens is 242 g/mol. The first-order chi connectivity index (χ1) is 8.90. The topological polar surface area (TPSA) is 65.5 Å². The highest BCUT2D eigenvalue weighted by Gasteiger charge is 2.09. The summed E-state index contributed by atoms with van der Waals surface area (Å²) in [6, 6.07) is 3.62. The fraction of sp³-hybridized carbons (Fsp3) is 0.571. The lowest BCUT2D eigenvalue weighted by Crippen LogP contribution is -2.36. The van der Waals surface area contributed by atoms with Gasteiger partial charge < -0.3 is 15.3 Å². The molecule has 0 radical (unpaired) electrons. The molecule has 106 valence electrons. The van der Waals surface area contributed by atoms with Crippen LogP contribution in [0.25, 0.3) is 0 Å². The molecule has 0 fully saturated rings. The number of amides is 1. The molecule has 0 saturated carbocycles. The predicted molar refractivity (Wildman–Crippen MR) is 76.0 cm³/mol. The van der Waals surface area contributed by atoms with Gasteiger partial charge in [0.15, 0.2) is 0 Å². The summed E-state index contributed by atoms with van der Waals surface area (Å²) in [5, 5.41) is 12.3. The minimum absolute atomic E-state index is 0.00389. The van der Waals surface area contributed by atoms with Gasteiger partial charge in [-0.05, 0) is 25.0 Å². The molecule has 1 rings (SSSR count). The zero-order chi connectivity index (χ0) is 14.4. The van der Waals surface area contributed by atoms with Gasteiger partial charge in [-0.15, -0.1) is 0 Å². The average molecular weight is 265 g/mol. The number of nitrogens with one attached hydrogen (secondary N) is 1. The number of pyridine rings is 1. The van der Waals surface area contributed by atoms with Crippen LogP contribution >= 0.6 is 0 Å². The minimum Gasteiger partial charge on any atom is -0.387 e. The Morgan fingerprint density at radius 3 is 2.58 bits per heavy atom. The number of hydrogen-bond acceptors (Lipinski definition) is 4.